The maximum Gasteiger partial charge on any atom is -0.00203 e. The Morgan fingerprint density at radius 3 is 1.88 bits per heavy atom. The summed E-state index contributed by atoms with van der Waals surface area (Å²) in [6.07, 6.45) is 2.31. The Balaban J connectivity index is 1.37. The van der Waals surface area contributed by atoms with Gasteiger partial charge in [0.15, 0.2) is 0 Å². The molecule has 2 unspecified atom stereocenters. The average Bonchev–Trinajstić information content (AvgIpc) is 3.12. The summed E-state index contributed by atoms with van der Waals surface area (Å²) in [5.74, 6) is 1.23. The van der Waals surface area contributed by atoms with E-state index < -0.39 is 0 Å². The van der Waals surface area contributed by atoms with Crippen molar-refractivity contribution in [2.24, 2.45) is 5.92 Å². The van der Waals surface area contributed by atoms with E-state index in [4.69, 9.17) is 0 Å². The van der Waals surface area contributed by atoms with Gasteiger partial charge in [-0.15, -0.1) is 0 Å². The molecule has 0 N–H and O–H groups in total. The molecule has 0 fully saturated rings. The Hall–Kier alpha value is -4.42. The first-order chi connectivity index (χ1) is 19.7. The smallest absolute Gasteiger partial charge is 0.00203 e. The lowest BCUT2D eigenvalue weighted by Gasteiger charge is -2.22. The summed E-state index contributed by atoms with van der Waals surface area (Å²) in [4.78, 5) is 0. The van der Waals surface area contributed by atoms with Gasteiger partial charge in [-0.05, 0) is 108 Å². The van der Waals surface area contributed by atoms with Gasteiger partial charge >= 0.3 is 0 Å². The summed E-state index contributed by atoms with van der Waals surface area (Å²) in [5.41, 5.74) is 11.0. The van der Waals surface area contributed by atoms with Crippen LogP contribution in [0.1, 0.15) is 37.3 Å². The molecule has 0 heterocycles. The van der Waals surface area contributed by atoms with Crippen molar-refractivity contribution >= 4 is 32.3 Å². The van der Waals surface area contributed by atoms with Crippen LogP contribution >= 0.6 is 0 Å². The Kier molecular flexibility index (Phi) is 5.32. The highest BCUT2D eigenvalue weighted by Gasteiger charge is 2.27. The number of benzene rings is 7. The number of hydrogen-bond acceptors (Lipinski definition) is 0. The SMILES string of the molecule is CCC1c2ccccc2-c2cc(-c3ccc4ccc5c(-c6ccccc6)ccc6ccc3c4c65)ccc2CC1C. The van der Waals surface area contributed by atoms with E-state index in [1.165, 1.54) is 83.2 Å². The molecule has 0 amide bonds. The molecule has 2 atom stereocenters. The van der Waals surface area contributed by atoms with Crippen molar-refractivity contribution in [2.75, 3.05) is 0 Å². The highest BCUT2D eigenvalue weighted by atomic mass is 14.3. The van der Waals surface area contributed by atoms with E-state index in [0.717, 1.165) is 6.42 Å². The molecular weight excluding hydrogens is 480 g/mol. The lowest BCUT2D eigenvalue weighted by Crippen LogP contribution is -2.10. The van der Waals surface area contributed by atoms with Gasteiger partial charge in [0.1, 0.15) is 0 Å². The molecule has 0 bridgehead atoms. The molecule has 1 aliphatic carbocycles. The molecule has 0 aromatic heterocycles. The van der Waals surface area contributed by atoms with Gasteiger partial charge in [0.25, 0.3) is 0 Å². The lowest BCUT2D eigenvalue weighted by molar-refractivity contribution is 0.450. The molecule has 192 valence electrons. The van der Waals surface area contributed by atoms with Crippen LogP contribution in [0.4, 0.5) is 0 Å². The molecular formula is C40H32. The second-order valence-corrected chi connectivity index (χ2v) is 11.7. The Bertz CT molecular complexity index is 2030. The van der Waals surface area contributed by atoms with E-state index in [9.17, 15) is 0 Å². The fraction of sp³-hybridized carbons (Fsp3) is 0.150. The van der Waals surface area contributed by atoms with E-state index in [2.05, 4.69) is 135 Å². The van der Waals surface area contributed by atoms with E-state index in [0.29, 0.717) is 11.8 Å². The number of fused-ring (bicyclic) bond motifs is 3. The molecule has 8 rings (SSSR count). The first-order valence-electron chi connectivity index (χ1n) is 14.7. The summed E-state index contributed by atoms with van der Waals surface area (Å²) >= 11 is 0. The van der Waals surface area contributed by atoms with Crippen LogP contribution in [-0.4, -0.2) is 0 Å². The van der Waals surface area contributed by atoms with Gasteiger partial charge in [-0.2, -0.15) is 0 Å². The second-order valence-electron chi connectivity index (χ2n) is 11.7. The molecule has 0 nitrogen and oxygen atoms in total. The van der Waals surface area contributed by atoms with Crippen molar-refractivity contribution < 1.29 is 0 Å². The van der Waals surface area contributed by atoms with Gasteiger partial charge in [0.2, 0.25) is 0 Å². The topological polar surface area (TPSA) is 0 Å². The van der Waals surface area contributed by atoms with Crippen molar-refractivity contribution in [3.8, 4) is 33.4 Å². The van der Waals surface area contributed by atoms with E-state index in [1.807, 2.05) is 0 Å². The average molecular weight is 513 g/mol. The van der Waals surface area contributed by atoms with Gasteiger partial charge < -0.3 is 0 Å². The quantitative estimate of drug-likeness (QED) is 0.207. The van der Waals surface area contributed by atoms with E-state index >= 15 is 0 Å². The fourth-order valence-electron chi connectivity index (χ4n) is 7.58. The Morgan fingerprint density at radius 2 is 1.18 bits per heavy atom. The predicted octanol–water partition coefficient (Wildman–Crippen LogP) is 11.3. The summed E-state index contributed by atoms with van der Waals surface area (Å²) in [5, 5.41) is 8.03. The van der Waals surface area contributed by atoms with Crippen molar-refractivity contribution in [2.45, 2.75) is 32.6 Å². The van der Waals surface area contributed by atoms with Crippen LogP contribution in [0, 0.1) is 5.92 Å². The Morgan fingerprint density at radius 1 is 0.550 bits per heavy atom. The van der Waals surface area contributed by atoms with Gasteiger partial charge in [-0.1, -0.05) is 129 Å². The monoisotopic (exact) mass is 512 g/mol. The maximum atomic E-state index is 2.47. The van der Waals surface area contributed by atoms with Crippen molar-refractivity contribution in [3.63, 3.8) is 0 Å². The Labute approximate surface area is 236 Å². The summed E-state index contributed by atoms with van der Waals surface area (Å²) in [7, 11) is 0. The van der Waals surface area contributed by atoms with Crippen LogP contribution in [0.15, 0.2) is 121 Å². The molecule has 40 heavy (non-hydrogen) atoms. The van der Waals surface area contributed by atoms with Crippen molar-refractivity contribution in [3.05, 3.63) is 132 Å². The van der Waals surface area contributed by atoms with Crippen molar-refractivity contribution in [1.29, 1.82) is 0 Å². The molecule has 7 aromatic rings. The standard InChI is InChI=1S/C40H32/c1-3-31-25(2)23-29-13-14-30(24-38(29)35-12-8-7-11-34(31)35)33-20-16-28-17-21-36-32(26-9-5-4-6-10-26)19-15-27-18-22-37(33)40(28)39(27)36/h4-22,24-25,31H,3,23H2,1-2H3. The lowest BCUT2D eigenvalue weighted by atomic mass is 9.83. The zero-order valence-corrected chi connectivity index (χ0v) is 23.1. The molecule has 0 radical (unpaired) electrons. The molecule has 0 aliphatic heterocycles. The van der Waals surface area contributed by atoms with E-state index in [-0.39, 0.29) is 0 Å². The van der Waals surface area contributed by atoms with Crippen LogP contribution in [0.3, 0.4) is 0 Å². The minimum absolute atomic E-state index is 0.598. The summed E-state index contributed by atoms with van der Waals surface area (Å²) in [6.45, 7) is 4.77. The first kappa shape index (κ1) is 23.5. The molecule has 0 spiro atoms. The van der Waals surface area contributed by atoms with Crippen LogP contribution in [-0.2, 0) is 6.42 Å². The summed E-state index contributed by atoms with van der Waals surface area (Å²) < 4.78 is 0. The molecule has 0 saturated heterocycles. The third-order valence-corrected chi connectivity index (χ3v) is 9.49. The van der Waals surface area contributed by atoms with Crippen LogP contribution in [0.25, 0.3) is 65.7 Å². The van der Waals surface area contributed by atoms with Crippen molar-refractivity contribution in [1.82, 2.24) is 0 Å². The van der Waals surface area contributed by atoms with Gasteiger partial charge in [0.05, 0.1) is 0 Å². The minimum Gasteiger partial charge on any atom is -0.0648 e. The first-order valence-corrected chi connectivity index (χ1v) is 14.7. The van der Waals surface area contributed by atoms with Crippen LogP contribution in [0.5, 0.6) is 0 Å². The van der Waals surface area contributed by atoms with E-state index in [1.54, 1.807) is 0 Å². The summed E-state index contributed by atoms with van der Waals surface area (Å²) in [6, 6.07) is 45.7. The number of hydrogen-bond donors (Lipinski definition) is 0. The van der Waals surface area contributed by atoms with Gasteiger partial charge in [0, 0.05) is 0 Å². The maximum absolute atomic E-state index is 2.47. The molecule has 0 heteroatoms. The molecule has 7 aromatic carbocycles. The number of rotatable bonds is 3. The predicted molar refractivity (Wildman–Crippen MR) is 172 cm³/mol. The van der Waals surface area contributed by atoms with Crippen LogP contribution < -0.4 is 0 Å². The highest BCUT2D eigenvalue weighted by Crippen LogP contribution is 2.46. The minimum atomic E-state index is 0.598. The molecule has 1 aliphatic rings. The third kappa shape index (κ3) is 3.45. The van der Waals surface area contributed by atoms with Gasteiger partial charge in [-0.3, -0.25) is 0 Å². The zero-order chi connectivity index (χ0) is 26.8. The highest BCUT2D eigenvalue weighted by molar-refractivity contribution is 6.27. The largest absolute Gasteiger partial charge is 0.0648 e. The fourth-order valence-corrected chi connectivity index (χ4v) is 7.58. The molecule has 0 saturated carbocycles. The zero-order valence-electron chi connectivity index (χ0n) is 23.1. The normalized spacial score (nSPS) is 16.8. The van der Waals surface area contributed by atoms with Crippen LogP contribution in [0.2, 0.25) is 0 Å². The van der Waals surface area contributed by atoms with Gasteiger partial charge in [-0.25, -0.2) is 0 Å². The third-order valence-electron chi connectivity index (χ3n) is 9.49. The second kappa shape index (κ2) is 9.07.